The van der Waals surface area contributed by atoms with Gasteiger partial charge < -0.3 is 19.9 Å². The van der Waals surface area contributed by atoms with Crippen LogP contribution in [-0.2, 0) is 16.8 Å². The number of halogens is 2. The summed E-state index contributed by atoms with van der Waals surface area (Å²) in [5, 5.41) is 0.173. The van der Waals surface area contributed by atoms with Crippen LogP contribution in [0.25, 0.3) is 0 Å². The minimum absolute atomic E-state index is 0.00297. The van der Waals surface area contributed by atoms with Crippen molar-refractivity contribution in [2.45, 2.75) is 25.8 Å². The number of rotatable bonds is 5. The van der Waals surface area contributed by atoms with Crippen LogP contribution in [0.1, 0.15) is 25.0 Å². The minimum Gasteiger partial charge on any atom is -0.493 e. The normalized spacial score (nSPS) is 14.8. The molecule has 0 fully saturated rings. The predicted molar refractivity (Wildman–Crippen MR) is 109 cm³/mol. The molecule has 1 aromatic carbocycles. The first-order chi connectivity index (χ1) is 13.2. The molecule has 0 unspecified atom stereocenters. The fraction of sp³-hybridized carbons (Fsp3) is 0.389. The summed E-state index contributed by atoms with van der Waals surface area (Å²) in [6.07, 6.45) is 0. The van der Waals surface area contributed by atoms with Gasteiger partial charge in [-0.25, -0.2) is 4.98 Å². The van der Waals surface area contributed by atoms with E-state index in [4.69, 9.17) is 31.5 Å². The molecule has 1 aliphatic heterocycles. The number of carbonyl (C=O) groups is 1. The second kappa shape index (κ2) is 7.29. The molecule has 0 aliphatic carbocycles. The number of anilines is 2. The topological polar surface area (TPSA) is 99.8 Å². The average molecular weight is 472 g/mol. The second-order valence-corrected chi connectivity index (χ2v) is 7.86. The molecule has 2 N–H and O–H groups in total. The van der Waals surface area contributed by atoms with E-state index in [9.17, 15) is 4.79 Å². The van der Waals surface area contributed by atoms with E-state index in [0.717, 1.165) is 5.56 Å². The molecule has 0 saturated heterocycles. The van der Waals surface area contributed by atoms with E-state index in [2.05, 4.69) is 25.9 Å². The molecule has 0 saturated carbocycles. The number of benzene rings is 1. The van der Waals surface area contributed by atoms with Crippen LogP contribution < -0.4 is 24.8 Å². The van der Waals surface area contributed by atoms with Gasteiger partial charge in [0.25, 0.3) is 0 Å². The highest BCUT2D eigenvalue weighted by Crippen LogP contribution is 2.48. The lowest BCUT2D eigenvalue weighted by molar-refractivity contribution is -0.122. The first-order valence-corrected chi connectivity index (χ1v) is 9.47. The third kappa shape index (κ3) is 3.02. The number of aromatic nitrogens is 2. The van der Waals surface area contributed by atoms with Crippen LogP contribution in [0, 0.1) is 0 Å². The lowest BCUT2D eigenvalue weighted by atomic mass is 9.88. The molecule has 0 bridgehead atoms. The Bertz CT molecular complexity index is 967. The van der Waals surface area contributed by atoms with Crippen molar-refractivity contribution in [3.63, 3.8) is 0 Å². The van der Waals surface area contributed by atoms with Crippen molar-refractivity contribution < 1.29 is 19.0 Å². The van der Waals surface area contributed by atoms with Crippen LogP contribution in [0.5, 0.6) is 17.2 Å². The van der Waals surface area contributed by atoms with Crippen molar-refractivity contribution in [1.82, 2.24) is 9.97 Å². The Hall–Kier alpha value is -2.26. The molecule has 3 rings (SSSR count). The number of carbonyl (C=O) groups excluding carboxylic acids is 1. The van der Waals surface area contributed by atoms with E-state index in [0.29, 0.717) is 33.1 Å². The number of ether oxygens (including phenoxy) is 3. The number of hydrogen-bond acceptors (Lipinski definition) is 7. The van der Waals surface area contributed by atoms with Crippen LogP contribution in [0.4, 0.5) is 11.8 Å². The van der Waals surface area contributed by atoms with E-state index < -0.39 is 5.41 Å². The zero-order valence-corrected chi connectivity index (χ0v) is 18.4. The highest BCUT2D eigenvalue weighted by atomic mass is 79.9. The molecule has 2 aromatic rings. The number of nitrogen functional groups attached to an aromatic ring is 1. The van der Waals surface area contributed by atoms with Gasteiger partial charge in [-0.3, -0.25) is 9.69 Å². The number of hydrogen-bond donors (Lipinski definition) is 1. The third-order valence-electron chi connectivity index (χ3n) is 4.70. The van der Waals surface area contributed by atoms with Crippen LogP contribution >= 0.6 is 27.5 Å². The Morgan fingerprint density at radius 2 is 1.82 bits per heavy atom. The van der Waals surface area contributed by atoms with Gasteiger partial charge in [0.05, 0.1) is 37.8 Å². The summed E-state index contributed by atoms with van der Waals surface area (Å²) in [5.74, 6) is 1.62. The highest BCUT2D eigenvalue weighted by Gasteiger charge is 2.47. The van der Waals surface area contributed by atoms with Crippen molar-refractivity contribution in [2.24, 2.45) is 0 Å². The van der Waals surface area contributed by atoms with Gasteiger partial charge in [0.15, 0.2) is 11.5 Å². The van der Waals surface area contributed by atoms with Gasteiger partial charge in [-0.1, -0.05) is 11.6 Å². The van der Waals surface area contributed by atoms with Crippen LogP contribution in [0.2, 0.25) is 5.15 Å². The van der Waals surface area contributed by atoms with Crippen molar-refractivity contribution in [3.05, 3.63) is 26.8 Å². The quantitative estimate of drug-likeness (QED) is 0.668. The van der Waals surface area contributed by atoms with Crippen molar-refractivity contribution in [3.8, 4) is 17.2 Å². The number of methoxy groups -OCH3 is 3. The predicted octanol–water partition coefficient (Wildman–Crippen LogP) is 3.32. The lowest BCUT2D eigenvalue weighted by Gasteiger charge is -2.22. The largest absolute Gasteiger partial charge is 0.493 e. The third-order valence-corrected chi connectivity index (χ3v) is 5.84. The summed E-state index contributed by atoms with van der Waals surface area (Å²) in [7, 11) is 4.58. The van der Waals surface area contributed by atoms with Gasteiger partial charge in [0.2, 0.25) is 17.6 Å². The first-order valence-electron chi connectivity index (χ1n) is 8.30. The Morgan fingerprint density at radius 3 is 2.39 bits per heavy atom. The molecule has 0 spiro atoms. The van der Waals surface area contributed by atoms with Gasteiger partial charge in [-0.2, -0.15) is 4.98 Å². The second-order valence-electron chi connectivity index (χ2n) is 6.71. The Morgan fingerprint density at radius 1 is 1.18 bits per heavy atom. The van der Waals surface area contributed by atoms with Crippen molar-refractivity contribution >= 4 is 45.2 Å². The Kier molecular flexibility index (Phi) is 5.33. The summed E-state index contributed by atoms with van der Waals surface area (Å²) in [6.45, 7) is 3.76. The van der Waals surface area contributed by atoms with E-state index in [1.165, 1.54) is 26.2 Å². The fourth-order valence-corrected chi connectivity index (χ4v) is 4.30. The number of amides is 1. The zero-order valence-electron chi connectivity index (χ0n) is 16.1. The van der Waals surface area contributed by atoms with Gasteiger partial charge in [-0.05, 0) is 41.4 Å². The van der Waals surface area contributed by atoms with Crippen LogP contribution in [0.15, 0.2) is 10.5 Å². The minimum atomic E-state index is -0.882. The molecular formula is C18H20BrClN4O4. The number of fused-ring (bicyclic) bond motifs is 1. The standard InChI is InChI=1S/C18H20BrClN4O4/c1-18(2)10-14(20)22-17(21)23-15(10)24(16(18)25)7-8-6-9(26-3)12(27-4)13(28-5)11(8)19/h6H,7H2,1-5H3,(H2,21,22,23). The number of nitrogens with zero attached hydrogens (tertiary/aromatic N) is 3. The smallest absolute Gasteiger partial charge is 0.238 e. The summed E-state index contributed by atoms with van der Waals surface area (Å²) >= 11 is 9.82. The molecule has 10 heteroatoms. The SMILES string of the molecule is COc1cc(CN2C(=O)C(C)(C)c3c(Cl)nc(N)nc32)c(Br)c(OC)c1OC. The Labute approximate surface area is 176 Å². The van der Waals surface area contributed by atoms with E-state index in [1.54, 1.807) is 19.9 Å². The molecule has 1 amide bonds. The molecule has 1 aromatic heterocycles. The maximum absolute atomic E-state index is 13.2. The van der Waals surface area contributed by atoms with E-state index in [1.807, 2.05) is 0 Å². The fourth-order valence-electron chi connectivity index (χ4n) is 3.32. The molecular weight excluding hydrogens is 452 g/mol. The molecule has 28 heavy (non-hydrogen) atoms. The summed E-state index contributed by atoms with van der Waals surface area (Å²) < 4.78 is 16.9. The monoisotopic (exact) mass is 470 g/mol. The zero-order chi connectivity index (χ0) is 20.8. The number of nitrogens with two attached hydrogens (primary N) is 1. The van der Waals surface area contributed by atoms with Gasteiger partial charge >= 0.3 is 0 Å². The maximum atomic E-state index is 13.2. The Balaban J connectivity index is 2.15. The van der Waals surface area contributed by atoms with Crippen LogP contribution in [0.3, 0.4) is 0 Å². The molecule has 2 heterocycles. The van der Waals surface area contributed by atoms with Gasteiger partial charge in [-0.15, -0.1) is 0 Å². The first kappa shape index (κ1) is 20.5. The average Bonchev–Trinajstić information content (AvgIpc) is 2.82. The van der Waals surface area contributed by atoms with Gasteiger partial charge in [0.1, 0.15) is 11.0 Å². The van der Waals surface area contributed by atoms with Crippen LogP contribution in [-0.4, -0.2) is 37.2 Å². The highest BCUT2D eigenvalue weighted by molar-refractivity contribution is 9.10. The van der Waals surface area contributed by atoms with E-state index >= 15 is 0 Å². The molecule has 0 atom stereocenters. The summed E-state index contributed by atoms with van der Waals surface area (Å²) in [4.78, 5) is 23.0. The molecule has 1 aliphatic rings. The van der Waals surface area contributed by atoms with Gasteiger partial charge in [0, 0.05) is 5.56 Å². The summed E-state index contributed by atoms with van der Waals surface area (Å²) in [5.41, 5.74) is 6.18. The molecule has 0 radical (unpaired) electrons. The molecule has 150 valence electrons. The van der Waals surface area contributed by atoms with E-state index in [-0.39, 0.29) is 23.6 Å². The lowest BCUT2D eigenvalue weighted by Crippen LogP contribution is -2.36. The van der Waals surface area contributed by atoms with Crippen molar-refractivity contribution in [1.29, 1.82) is 0 Å². The maximum Gasteiger partial charge on any atom is 0.238 e. The summed E-state index contributed by atoms with van der Waals surface area (Å²) in [6, 6.07) is 1.77. The van der Waals surface area contributed by atoms with Crippen molar-refractivity contribution in [2.75, 3.05) is 32.0 Å². The molecule has 8 nitrogen and oxygen atoms in total.